The molecule has 0 fully saturated rings. The van der Waals surface area contributed by atoms with Crippen molar-refractivity contribution in [2.75, 3.05) is 26.8 Å². The topological polar surface area (TPSA) is 58.6 Å². The van der Waals surface area contributed by atoms with E-state index < -0.39 is 6.04 Å². The first-order chi connectivity index (χ1) is 13.1. The molecule has 1 N–H and O–H groups in total. The molecule has 6 heteroatoms. The van der Waals surface area contributed by atoms with Crippen LogP contribution in [0.2, 0.25) is 5.02 Å². The molecular formula is C21H23ClN2O3. The van der Waals surface area contributed by atoms with Gasteiger partial charge in [-0.25, -0.2) is 0 Å². The number of carbonyl (C=O) groups excluding carboxylic acids is 2. The second-order valence-electron chi connectivity index (χ2n) is 6.50. The lowest BCUT2D eigenvalue weighted by Gasteiger charge is -2.24. The van der Waals surface area contributed by atoms with Gasteiger partial charge in [0.05, 0.1) is 0 Å². The molecule has 0 bridgehead atoms. The summed E-state index contributed by atoms with van der Waals surface area (Å²) in [5.41, 5.74) is 2.44. The fourth-order valence-electron chi connectivity index (χ4n) is 3.31. The number of hydrogen-bond donors (Lipinski definition) is 1. The van der Waals surface area contributed by atoms with Crippen LogP contribution in [0.25, 0.3) is 0 Å². The predicted octanol–water partition coefficient (Wildman–Crippen LogP) is 3.23. The fourth-order valence-corrected chi connectivity index (χ4v) is 3.43. The number of nitrogens with one attached hydrogen (secondary N) is 1. The third-order valence-electron chi connectivity index (χ3n) is 4.69. The molecule has 1 aliphatic heterocycles. The molecule has 1 unspecified atom stereocenters. The van der Waals surface area contributed by atoms with E-state index in [-0.39, 0.29) is 11.8 Å². The summed E-state index contributed by atoms with van der Waals surface area (Å²) < 4.78 is 5.01. The Morgan fingerprint density at radius 2 is 1.93 bits per heavy atom. The third-order valence-corrected chi connectivity index (χ3v) is 4.94. The van der Waals surface area contributed by atoms with E-state index in [0.717, 1.165) is 17.5 Å². The molecule has 27 heavy (non-hydrogen) atoms. The third kappa shape index (κ3) is 4.49. The van der Waals surface area contributed by atoms with Gasteiger partial charge in [-0.2, -0.15) is 0 Å². The van der Waals surface area contributed by atoms with Crippen molar-refractivity contribution in [1.82, 2.24) is 10.2 Å². The van der Waals surface area contributed by atoms with Gasteiger partial charge in [0.1, 0.15) is 6.04 Å². The molecular weight excluding hydrogens is 364 g/mol. The number of hydrogen-bond acceptors (Lipinski definition) is 3. The highest BCUT2D eigenvalue weighted by atomic mass is 35.5. The van der Waals surface area contributed by atoms with E-state index in [2.05, 4.69) is 5.32 Å². The highest BCUT2D eigenvalue weighted by Crippen LogP contribution is 2.33. The molecule has 2 aromatic rings. The molecule has 0 saturated carbocycles. The molecule has 2 amide bonds. The first-order valence-corrected chi connectivity index (χ1v) is 9.40. The molecule has 0 aromatic heterocycles. The Morgan fingerprint density at radius 3 is 2.67 bits per heavy atom. The number of benzene rings is 2. The molecule has 0 spiro atoms. The van der Waals surface area contributed by atoms with Gasteiger partial charge < -0.3 is 15.0 Å². The Labute approximate surface area is 164 Å². The molecule has 142 valence electrons. The van der Waals surface area contributed by atoms with Gasteiger partial charge in [0.25, 0.3) is 5.91 Å². The smallest absolute Gasteiger partial charge is 0.255 e. The lowest BCUT2D eigenvalue weighted by atomic mass is 10.0. The van der Waals surface area contributed by atoms with Crippen LogP contribution in [0.5, 0.6) is 0 Å². The Morgan fingerprint density at radius 1 is 1.19 bits per heavy atom. The van der Waals surface area contributed by atoms with E-state index in [0.29, 0.717) is 36.7 Å². The zero-order valence-electron chi connectivity index (χ0n) is 15.3. The second-order valence-corrected chi connectivity index (χ2v) is 6.94. The van der Waals surface area contributed by atoms with E-state index in [1.807, 2.05) is 42.5 Å². The maximum Gasteiger partial charge on any atom is 0.255 e. The zero-order chi connectivity index (χ0) is 19.2. The first-order valence-electron chi connectivity index (χ1n) is 9.03. The van der Waals surface area contributed by atoms with E-state index in [9.17, 15) is 9.59 Å². The highest BCUT2D eigenvalue weighted by Gasteiger charge is 2.40. The summed E-state index contributed by atoms with van der Waals surface area (Å²) in [6, 6.07) is 14.3. The lowest BCUT2D eigenvalue weighted by Crippen LogP contribution is -2.40. The Balaban J connectivity index is 1.74. The minimum Gasteiger partial charge on any atom is -0.385 e. The second kappa shape index (κ2) is 9.02. The van der Waals surface area contributed by atoms with Crippen LogP contribution in [0.4, 0.5) is 0 Å². The Hall–Kier alpha value is -2.37. The van der Waals surface area contributed by atoms with Gasteiger partial charge in [0, 0.05) is 37.4 Å². The summed E-state index contributed by atoms with van der Waals surface area (Å²) in [7, 11) is 1.63. The van der Waals surface area contributed by atoms with Crippen LogP contribution in [-0.4, -0.2) is 43.5 Å². The van der Waals surface area contributed by atoms with Crippen LogP contribution in [0.15, 0.2) is 48.5 Å². The van der Waals surface area contributed by atoms with Crippen molar-refractivity contribution in [2.45, 2.75) is 18.9 Å². The van der Waals surface area contributed by atoms with Crippen molar-refractivity contribution >= 4 is 23.4 Å². The molecule has 5 nitrogen and oxygen atoms in total. The van der Waals surface area contributed by atoms with Crippen LogP contribution in [0.3, 0.4) is 0 Å². The number of methoxy groups -OCH3 is 1. The summed E-state index contributed by atoms with van der Waals surface area (Å²) >= 11 is 5.93. The van der Waals surface area contributed by atoms with Crippen molar-refractivity contribution < 1.29 is 14.3 Å². The molecule has 3 rings (SSSR count). The van der Waals surface area contributed by atoms with Crippen molar-refractivity contribution in [3.63, 3.8) is 0 Å². The molecule has 2 aromatic carbocycles. The minimum absolute atomic E-state index is 0.100. The van der Waals surface area contributed by atoms with E-state index in [1.165, 1.54) is 0 Å². The van der Waals surface area contributed by atoms with Crippen LogP contribution < -0.4 is 5.32 Å². The van der Waals surface area contributed by atoms with Crippen LogP contribution >= 0.6 is 11.6 Å². The number of amides is 2. The molecule has 0 aliphatic carbocycles. The van der Waals surface area contributed by atoms with Crippen molar-refractivity contribution in [2.24, 2.45) is 0 Å². The number of nitrogens with zero attached hydrogens (tertiary/aromatic N) is 1. The van der Waals surface area contributed by atoms with Gasteiger partial charge in [0.15, 0.2) is 0 Å². The summed E-state index contributed by atoms with van der Waals surface area (Å²) in [6.45, 7) is 1.57. The van der Waals surface area contributed by atoms with E-state index in [1.54, 1.807) is 18.1 Å². The standard InChI is InChI=1S/C21H23ClN2O3/c1-27-14-4-12-23-20(25)19-17-5-2-3-6-18(17)21(26)24(19)13-11-15-7-9-16(22)10-8-15/h2-3,5-10,19H,4,11-14H2,1H3,(H,23,25). The maximum atomic E-state index is 12.9. The number of halogens is 1. The van der Waals surface area contributed by atoms with Crippen molar-refractivity contribution in [1.29, 1.82) is 0 Å². The van der Waals surface area contributed by atoms with Gasteiger partial charge in [0.2, 0.25) is 5.91 Å². The average molecular weight is 387 g/mol. The van der Waals surface area contributed by atoms with E-state index >= 15 is 0 Å². The molecule has 1 heterocycles. The van der Waals surface area contributed by atoms with Gasteiger partial charge in [-0.1, -0.05) is 41.9 Å². The van der Waals surface area contributed by atoms with Crippen molar-refractivity contribution in [3.8, 4) is 0 Å². The fraction of sp³-hybridized carbons (Fsp3) is 0.333. The summed E-state index contributed by atoms with van der Waals surface area (Å²) in [5.74, 6) is -0.253. The van der Waals surface area contributed by atoms with Crippen LogP contribution in [0, 0.1) is 0 Å². The molecule has 0 saturated heterocycles. The van der Waals surface area contributed by atoms with Crippen LogP contribution in [0.1, 0.15) is 33.9 Å². The molecule has 1 aliphatic rings. The predicted molar refractivity (Wildman–Crippen MR) is 105 cm³/mol. The maximum absolute atomic E-state index is 12.9. The quantitative estimate of drug-likeness (QED) is 0.708. The summed E-state index contributed by atoms with van der Waals surface area (Å²) in [4.78, 5) is 27.3. The summed E-state index contributed by atoms with van der Waals surface area (Å²) in [5, 5.41) is 3.60. The van der Waals surface area contributed by atoms with Gasteiger partial charge in [-0.3, -0.25) is 9.59 Å². The summed E-state index contributed by atoms with van der Waals surface area (Å²) in [6.07, 6.45) is 1.39. The minimum atomic E-state index is -0.594. The van der Waals surface area contributed by atoms with Gasteiger partial charge in [-0.15, -0.1) is 0 Å². The monoisotopic (exact) mass is 386 g/mol. The SMILES string of the molecule is COCCCNC(=O)C1c2ccccc2C(=O)N1CCc1ccc(Cl)cc1. The number of carbonyl (C=O) groups is 2. The number of fused-ring (bicyclic) bond motifs is 1. The molecule has 0 radical (unpaired) electrons. The Kier molecular flexibility index (Phi) is 6.48. The lowest BCUT2D eigenvalue weighted by molar-refractivity contribution is -0.125. The first kappa shape index (κ1) is 19.4. The number of ether oxygens (including phenoxy) is 1. The molecule has 1 atom stereocenters. The van der Waals surface area contributed by atoms with Crippen LogP contribution in [-0.2, 0) is 16.0 Å². The van der Waals surface area contributed by atoms with Gasteiger partial charge in [-0.05, 0) is 42.2 Å². The largest absolute Gasteiger partial charge is 0.385 e. The van der Waals surface area contributed by atoms with E-state index in [4.69, 9.17) is 16.3 Å². The highest BCUT2D eigenvalue weighted by molar-refractivity contribution is 6.30. The van der Waals surface area contributed by atoms with Gasteiger partial charge >= 0.3 is 0 Å². The zero-order valence-corrected chi connectivity index (χ0v) is 16.0. The normalized spacial score (nSPS) is 15.7. The number of rotatable bonds is 8. The average Bonchev–Trinajstić information content (AvgIpc) is 2.97. The Bertz CT molecular complexity index is 807. The van der Waals surface area contributed by atoms with Crippen molar-refractivity contribution in [3.05, 3.63) is 70.2 Å².